The summed E-state index contributed by atoms with van der Waals surface area (Å²) < 4.78 is 7.95. The molecule has 1 amide bonds. The van der Waals surface area contributed by atoms with Gasteiger partial charge in [-0.25, -0.2) is 4.98 Å². The first kappa shape index (κ1) is 15.9. The molecular weight excluding hydrogens is 326 g/mol. The highest BCUT2D eigenvalue weighted by Crippen LogP contribution is 2.30. The average molecular weight is 348 g/mol. The van der Waals surface area contributed by atoms with Crippen molar-refractivity contribution in [2.45, 2.75) is 51.3 Å². The van der Waals surface area contributed by atoms with Crippen LogP contribution in [0.1, 0.15) is 31.9 Å². The largest absolute Gasteiger partial charge is 0.368 e. The van der Waals surface area contributed by atoms with E-state index in [0.717, 1.165) is 49.8 Å². The number of fused-ring (bicyclic) bond motifs is 3. The number of aromatic nitrogens is 2. The number of nitrogens with zero attached hydrogens (tertiary/aromatic N) is 3. The van der Waals surface area contributed by atoms with Crippen LogP contribution in [0.3, 0.4) is 0 Å². The van der Waals surface area contributed by atoms with Crippen molar-refractivity contribution in [3.8, 4) is 0 Å². The minimum atomic E-state index is -0.238. The van der Waals surface area contributed by atoms with Crippen LogP contribution in [0.25, 0.3) is 11.0 Å². The highest BCUT2D eigenvalue weighted by molar-refractivity contribution is 6.31. The van der Waals surface area contributed by atoms with Crippen molar-refractivity contribution >= 4 is 28.5 Å². The topological polar surface area (TPSA) is 47.4 Å². The molecule has 24 heavy (non-hydrogen) atoms. The van der Waals surface area contributed by atoms with Gasteiger partial charge in [-0.05, 0) is 25.0 Å². The Bertz CT molecular complexity index is 773. The van der Waals surface area contributed by atoms with Crippen LogP contribution in [0.2, 0.25) is 5.02 Å². The van der Waals surface area contributed by atoms with Crippen molar-refractivity contribution in [2.75, 3.05) is 13.2 Å². The Morgan fingerprint density at radius 3 is 3.04 bits per heavy atom. The molecule has 0 aromatic carbocycles. The molecule has 0 N–H and O–H groups in total. The minimum absolute atomic E-state index is 0.166. The van der Waals surface area contributed by atoms with Gasteiger partial charge >= 0.3 is 0 Å². The number of ether oxygens (including phenoxy) is 1. The van der Waals surface area contributed by atoms with Crippen molar-refractivity contribution in [1.82, 2.24) is 14.5 Å². The molecule has 0 spiro atoms. The fourth-order valence-corrected chi connectivity index (χ4v) is 4.10. The number of halogens is 1. The Morgan fingerprint density at radius 1 is 1.33 bits per heavy atom. The Hall–Kier alpha value is -1.59. The normalized spacial score (nSPS) is 23.9. The third kappa shape index (κ3) is 2.70. The van der Waals surface area contributed by atoms with Crippen LogP contribution in [0, 0.1) is 0 Å². The van der Waals surface area contributed by atoms with Crippen LogP contribution in [-0.4, -0.2) is 45.7 Å². The van der Waals surface area contributed by atoms with E-state index in [1.54, 1.807) is 6.20 Å². The number of hydrogen-bond acceptors (Lipinski definition) is 3. The molecule has 0 radical (unpaired) electrons. The maximum Gasteiger partial charge on any atom is 0.252 e. The van der Waals surface area contributed by atoms with Gasteiger partial charge in [-0.2, -0.15) is 0 Å². The van der Waals surface area contributed by atoms with E-state index in [-0.39, 0.29) is 18.1 Å². The summed E-state index contributed by atoms with van der Waals surface area (Å²) in [6.07, 6.45) is 5.06. The molecule has 5 nitrogen and oxygen atoms in total. The van der Waals surface area contributed by atoms with Crippen molar-refractivity contribution in [2.24, 2.45) is 0 Å². The van der Waals surface area contributed by atoms with E-state index < -0.39 is 0 Å². The second-order valence-corrected chi connectivity index (χ2v) is 7.12. The number of carbonyl (C=O) groups excluding carboxylic acids is 1. The average Bonchev–Trinajstić information content (AvgIpc) is 3.11. The highest BCUT2D eigenvalue weighted by atomic mass is 35.5. The van der Waals surface area contributed by atoms with E-state index >= 15 is 0 Å². The van der Waals surface area contributed by atoms with Crippen LogP contribution in [0.5, 0.6) is 0 Å². The van der Waals surface area contributed by atoms with Crippen molar-refractivity contribution in [3.05, 3.63) is 29.0 Å². The second-order valence-electron chi connectivity index (χ2n) is 6.68. The molecule has 0 bridgehead atoms. The fraction of sp³-hybridized carbons (Fsp3) is 0.556. The second kappa shape index (κ2) is 6.37. The molecule has 128 valence electrons. The lowest BCUT2D eigenvalue weighted by Gasteiger charge is -2.32. The number of carbonyl (C=O) groups is 1. The zero-order chi connectivity index (χ0) is 16.7. The van der Waals surface area contributed by atoms with Crippen molar-refractivity contribution in [1.29, 1.82) is 0 Å². The van der Waals surface area contributed by atoms with E-state index in [4.69, 9.17) is 16.3 Å². The van der Waals surface area contributed by atoms with E-state index in [0.29, 0.717) is 11.6 Å². The summed E-state index contributed by atoms with van der Waals surface area (Å²) in [6, 6.07) is 4.38. The lowest BCUT2D eigenvalue weighted by atomic mass is 10.0. The van der Waals surface area contributed by atoms with Crippen LogP contribution in [0.4, 0.5) is 0 Å². The Kier molecular flexibility index (Phi) is 4.22. The Balaban J connectivity index is 1.52. The summed E-state index contributed by atoms with van der Waals surface area (Å²) in [4.78, 5) is 19.1. The highest BCUT2D eigenvalue weighted by Gasteiger charge is 2.37. The first-order valence-electron chi connectivity index (χ1n) is 8.73. The molecular formula is C18H22ClN3O2. The summed E-state index contributed by atoms with van der Waals surface area (Å²) in [5, 5.41) is 1.74. The number of rotatable bonds is 4. The zero-order valence-electron chi connectivity index (χ0n) is 13.9. The van der Waals surface area contributed by atoms with Gasteiger partial charge in [-0.1, -0.05) is 18.5 Å². The number of pyridine rings is 1. The summed E-state index contributed by atoms with van der Waals surface area (Å²) in [7, 11) is 0. The molecule has 2 aliphatic heterocycles. The quantitative estimate of drug-likeness (QED) is 0.854. The zero-order valence-corrected chi connectivity index (χ0v) is 14.6. The molecule has 2 aromatic rings. The predicted molar refractivity (Wildman–Crippen MR) is 93.2 cm³/mol. The molecule has 4 rings (SSSR count). The molecule has 2 aliphatic rings. The van der Waals surface area contributed by atoms with Gasteiger partial charge in [0, 0.05) is 55.9 Å². The van der Waals surface area contributed by atoms with Gasteiger partial charge in [0.25, 0.3) is 5.91 Å². The summed E-state index contributed by atoms with van der Waals surface area (Å²) in [5.41, 5.74) is 2.23. The third-order valence-electron chi connectivity index (χ3n) is 5.07. The van der Waals surface area contributed by atoms with E-state index in [1.165, 1.54) is 5.69 Å². The smallest absolute Gasteiger partial charge is 0.252 e. The lowest BCUT2D eigenvalue weighted by Crippen LogP contribution is -2.43. The molecule has 0 saturated carbocycles. The third-order valence-corrected chi connectivity index (χ3v) is 5.28. The van der Waals surface area contributed by atoms with Gasteiger partial charge in [0.05, 0.1) is 5.02 Å². The standard InChI is InChI=1S/C18H22ClN3O2/c1-2-7-24-16-4-6-22(18(16)23)14-3-5-21-15(10-14)9-12-8-13(19)11-20-17(12)21/h8-9,11,14,16H,2-7,10H2,1H3. The SMILES string of the molecule is CCCOC1CCN(C2CCn3c(cc4cc(Cl)cnc43)C2)C1=O. The van der Waals surface area contributed by atoms with Crippen LogP contribution in [0.15, 0.2) is 18.3 Å². The minimum Gasteiger partial charge on any atom is -0.368 e. The van der Waals surface area contributed by atoms with Crippen LogP contribution < -0.4 is 0 Å². The van der Waals surface area contributed by atoms with Crippen LogP contribution >= 0.6 is 11.6 Å². The van der Waals surface area contributed by atoms with Gasteiger partial charge in [-0.3, -0.25) is 4.79 Å². The van der Waals surface area contributed by atoms with E-state index in [1.807, 2.05) is 11.0 Å². The molecule has 1 fully saturated rings. The Labute approximate surface area is 146 Å². The number of hydrogen-bond donors (Lipinski definition) is 0. The molecule has 2 aromatic heterocycles. The maximum atomic E-state index is 12.6. The number of amides is 1. The first-order chi connectivity index (χ1) is 11.7. The number of likely N-dealkylation sites (tertiary alicyclic amines) is 1. The fourth-order valence-electron chi connectivity index (χ4n) is 3.93. The Morgan fingerprint density at radius 2 is 2.21 bits per heavy atom. The molecule has 2 atom stereocenters. The van der Waals surface area contributed by atoms with Gasteiger partial charge in [-0.15, -0.1) is 0 Å². The van der Waals surface area contributed by atoms with Gasteiger partial charge in [0.2, 0.25) is 0 Å². The van der Waals surface area contributed by atoms with E-state index in [9.17, 15) is 4.79 Å². The van der Waals surface area contributed by atoms with Crippen molar-refractivity contribution in [3.63, 3.8) is 0 Å². The van der Waals surface area contributed by atoms with Gasteiger partial charge < -0.3 is 14.2 Å². The summed E-state index contributed by atoms with van der Waals surface area (Å²) in [5.74, 6) is 0.166. The molecule has 0 aliphatic carbocycles. The molecule has 2 unspecified atom stereocenters. The molecule has 6 heteroatoms. The van der Waals surface area contributed by atoms with E-state index in [2.05, 4.69) is 22.5 Å². The maximum absolute atomic E-state index is 12.6. The monoisotopic (exact) mass is 347 g/mol. The van der Waals surface area contributed by atoms with Crippen LogP contribution in [-0.2, 0) is 22.5 Å². The first-order valence-corrected chi connectivity index (χ1v) is 9.11. The predicted octanol–water partition coefficient (Wildman–Crippen LogP) is 3.03. The molecule has 1 saturated heterocycles. The molecule has 4 heterocycles. The number of aryl methyl sites for hydroxylation is 1. The van der Waals surface area contributed by atoms with Gasteiger partial charge in [0.1, 0.15) is 11.8 Å². The van der Waals surface area contributed by atoms with Gasteiger partial charge in [0.15, 0.2) is 0 Å². The van der Waals surface area contributed by atoms with Crippen molar-refractivity contribution < 1.29 is 9.53 Å². The summed E-state index contributed by atoms with van der Waals surface area (Å²) >= 11 is 6.05. The summed E-state index contributed by atoms with van der Waals surface area (Å²) in [6.45, 7) is 4.43. The lowest BCUT2D eigenvalue weighted by molar-refractivity contribution is -0.139.